The lowest BCUT2D eigenvalue weighted by Crippen LogP contribution is -1.83. The Labute approximate surface area is 131 Å². The molecule has 1 heterocycles. The predicted molar refractivity (Wildman–Crippen MR) is 91.2 cm³/mol. The number of benzene rings is 2. The number of rotatable bonds is 3. The molecule has 0 saturated carbocycles. The topological polar surface area (TPSA) is 63.6 Å². The van der Waals surface area contributed by atoms with Gasteiger partial charge in [0.05, 0.1) is 15.9 Å². The maximum atomic E-state index is 5.78. The number of nitrogen functional groups attached to an aromatic ring is 1. The molecule has 2 N–H and O–H groups in total. The van der Waals surface area contributed by atoms with Gasteiger partial charge >= 0.3 is 0 Å². The molecule has 0 aliphatic carbocycles. The summed E-state index contributed by atoms with van der Waals surface area (Å²) in [5.41, 5.74) is 9.50. The van der Waals surface area contributed by atoms with Crippen molar-refractivity contribution < 1.29 is 0 Å². The van der Waals surface area contributed by atoms with Crippen LogP contribution in [0.4, 0.5) is 16.5 Å². The average molecular weight is 314 g/mol. The molecule has 3 rings (SSSR count). The molecule has 21 heavy (non-hydrogen) atoms. The van der Waals surface area contributed by atoms with Crippen molar-refractivity contribution in [3.63, 3.8) is 0 Å². The normalized spacial score (nSPS) is 11.5. The van der Waals surface area contributed by atoms with Crippen LogP contribution in [0.25, 0.3) is 10.2 Å². The molecule has 6 heteroatoms. The Hall–Kier alpha value is -1.92. The zero-order valence-electron chi connectivity index (χ0n) is 11.7. The van der Waals surface area contributed by atoms with Crippen LogP contribution in [0.5, 0.6) is 0 Å². The second kappa shape index (κ2) is 5.83. The van der Waals surface area contributed by atoms with Crippen molar-refractivity contribution >= 4 is 49.8 Å². The van der Waals surface area contributed by atoms with E-state index in [0.29, 0.717) is 5.13 Å². The third-order valence-corrected chi connectivity index (χ3v) is 4.65. The monoisotopic (exact) mass is 314 g/mol. The molecule has 2 aromatic carbocycles. The van der Waals surface area contributed by atoms with E-state index in [9.17, 15) is 0 Å². The fourth-order valence-electron chi connectivity index (χ4n) is 1.94. The number of azo groups is 1. The van der Waals surface area contributed by atoms with Crippen LogP contribution in [0, 0.1) is 6.92 Å². The molecule has 0 radical (unpaired) electrons. The minimum Gasteiger partial charge on any atom is -0.399 e. The maximum absolute atomic E-state index is 5.78. The number of thiazole rings is 1. The molecular formula is C15H14N4S2. The molecule has 0 fully saturated rings. The molecule has 0 unspecified atom stereocenters. The van der Waals surface area contributed by atoms with Gasteiger partial charge in [0.2, 0.25) is 5.13 Å². The molecule has 3 aromatic rings. The Bertz CT molecular complexity index is 824. The van der Waals surface area contributed by atoms with Crippen molar-refractivity contribution in [2.75, 3.05) is 12.0 Å². The number of nitrogens with zero attached hydrogens (tertiary/aromatic N) is 3. The van der Waals surface area contributed by atoms with Crippen LogP contribution in [-0.2, 0) is 0 Å². The van der Waals surface area contributed by atoms with Gasteiger partial charge in [-0.05, 0) is 49.1 Å². The molecular weight excluding hydrogens is 300 g/mol. The van der Waals surface area contributed by atoms with Crippen LogP contribution >= 0.6 is 23.1 Å². The lowest BCUT2D eigenvalue weighted by atomic mass is 10.2. The first-order valence-corrected chi connectivity index (χ1v) is 8.42. The van der Waals surface area contributed by atoms with E-state index in [1.165, 1.54) is 5.56 Å². The molecule has 0 atom stereocenters. The summed E-state index contributed by atoms with van der Waals surface area (Å²) in [6.45, 7) is 2.07. The van der Waals surface area contributed by atoms with Crippen LogP contribution in [-0.4, -0.2) is 11.2 Å². The number of nitrogens with two attached hydrogens (primary N) is 1. The molecule has 0 aliphatic heterocycles. The van der Waals surface area contributed by atoms with Crippen LogP contribution in [0.2, 0.25) is 0 Å². The highest BCUT2D eigenvalue weighted by Gasteiger charge is 2.04. The summed E-state index contributed by atoms with van der Waals surface area (Å²) >= 11 is 3.15. The summed E-state index contributed by atoms with van der Waals surface area (Å²) in [5, 5.41) is 9.23. The second-order valence-corrected chi connectivity index (χ2v) is 6.46. The molecule has 0 aliphatic rings. The Morgan fingerprint density at radius 1 is 1.14 bits per heavy atom. The van der Waals surface area contributed by atoms with Crippen molar-refractivity contribution in [3.05, 3.63) is 42.0 Å². The van der Waals surface area contributed by atoms with E-state index in [1.54, 1.807) is 23.1 Å². The molecule has 0 amide bonds. The number of thioether (sulfide) groups is 1. The van der Waals surface area contributed by atoms with Crippen LogP contribution in [0.3, 0.4) is 0 Å². The first kappa shape index (κ1) is 14.0. The average Bonchev–Trinajstić information content (AvgIpc) is 2.87. The highest BCUT2D eigenvalue weighted by molar-refractivity contribution is 7.98. The van der Waals surface area contributed by atoms with E-state index in [0.717, 1.165) is 26.5 Å². The Morgan fingerprint density at radius 2 is 2.00 bits per heavy atom. The van der Waals surface area contributed by atoms with E-state index >= 15 is 0 Å². The third kappa shape index (κ3) is 3.06. The van der Waals surface area contributed by atoms with Gasteiger partial charge in [0.25, 0.3) is 0 Å². The van der Waals surface area contributed by atoms with Gasteiger partial charge < -0.3 is 5.73 Å². The standard InChI is InChI=1S/C15H14N4S2/c1-9-3-5-11-14(7-9)21-15(17-11)19-18-12-6-4-10(16)8-13(12)20-2/h3-8H,16H2,1-2H3. The van der Waals surface area contributed by atoms with Crippen molar-refractivity contribution in [2.24, 2.45) is 10.2 Å². The number of hydrogen-bond acceptors (Lipinski definition) is 6. The SMILES string of the molecule is CSc1cc(N)ccc1N=Nc1nc2ccc(C)cc2s1. The highest BCUT2D eigenvalue weighted by atomic mass is 32.2. The number of fused-ring (bicyclic) bond motifs is 1. The molecule has 4 nitrogen and oxygen atoms in total. The van der Waals surface area contributed by atoms with Gasteiger partial charge in [0.15, 0.2) is 0 Å². The van der Waals surface area contributed by atoms with Gasteiger partial charge in [0.1, 0.15) is 0 Å². The van der Waals surface area contributed by atoms with Crippen LogP contribution < -0.4 is 5.73 Å². The second-order valence-electron chi connectivity index (χ2n) is 4.60. The van der Waals surface area contributed by atoms with Gasteiger partial charge in [0, 0.05) is 10.6 Å². The van der Waals surface area contributed by atoms with Crippen LogP contribution in [0.1, 0.15) is 5.56 Å². The van der Waals surface area contributed by atoms with E-state index in [1.807, 2.05) is 30.5 Å². The fraction of sp³-hybridized carbons (Fsp3) is 0.133. The molecule has 0 bridgehead atoms. The summed E-state index contributed by atoms with van der Waals surface area (Å²) in [5.74, 6) is 0. The van der Waals surface area contributed by atoms with Gasteiger partial charge in [-0.3, -0.25) is 0 Å². The quantitative estimate of drug-likeness (QED) is 0.404. The van der Waals surface area contributed by atoms with Crippen molar-refractivity contribution in [1.29, 1.82) is 0 Å². The first-order valence-electron chi connectivity index (χ1n) is 6.38. The van der Waals surface area contributed by atoms with E-state index in [2.05, 4.69) is 34.3 Å². The Morgan fingerprint density at radius 3 is 2.81 bits per heavy atom. The summed E-state index contributed by atoms with van der Waals surface area (Å²) in [4.78, 5) is 5.48. The van der Waals surface area contributed by atoms with Crippen LogP contribution in [0.15, 0.2) is 51.5 Å². The molecule has 106 valence electrons. The minimum absolute atomic E-state index is 0.666. The van der Waals surface area contributed by atoms with E-state index in [4.69, 9.17) is 5.73 Å². The van der Waals surface area contributed by atoms with E-state index < -0.39 is 0 Å². The number of anilines is 1. The lowest BCUT2D eigenvalue weighted by Gasteiger charge is -2.01. The largest absolute Gasteiger partial charge is 0.399 e. The summed E-state index contributed by atoms with van der Waals surface area (Å²) in [7, 11) is 0. The Kier molecular flexibility index (Phi) is 3.90. The first-order chi connectivity index (χ1) is 10.2. The van der Waals surface area contributed by atoms with Crippen molar-refractivity contribution in [3.8, 4) is 0 Å². The zero-order chi connectivity index (χ0) is 14.8. The number of aryl methyl sites for hydroxylation is 1. The third-order valence-electron chi connectivity index (χ3n) is 2.98. The number of hydrogen-bond donors (Lipinski definition) is 1. The fourth-order valence-corrected chi connectivity index (χ4v) is 3.39. The van der Waals surface area contributed by atoms with Gasteiger partial charge in [-0.1, -0.05) is 17.4 Å². The van der Waals surface area contributed by atoms with Gasteiger partial charge in [-0.25, -0.2) is 4.98 Å². The maximum Gasteiger partial charge on any atom is 0.231 e. The molecule has 0 saturated heterocycles. The molecule has 1 aromatic heterocycles. The Balaban J connectivity index is 1.94. The highest BCUT2D eigenvalue weighted by Crippen LogP contribution is 2.33. The summed E-state index contributed by atoms with van der Waals surface area (Å²) < 4.78 is 1.13. The lowest BCUT2D eigenvalue weighted by molar-refractivity contribution is 1.18. The smallest absolute Gasteiger partial charge is 0.231 e. The van der Waals surface area contributed by atoms with Gasteiger partial charge in [-0.2, -0.15) is 0 Å². The van der Waals surface area contributed by atoms with E-state index in [-0.39, 0.29) is 0 Å². The predicted octanol–water partition coefficient (Wildman–Crippen LogP) is 5.32. The van der Waals surface area contributed by atoms with Gasteiger partial charge in [-0.15, -0.1) is 22.0 Å². The minimum atomic E-state index is 0.666. The van der Waals surface area contributed by atoms with Crippen molar-refractivity contribution in [1.82, 2.24) is 4.98 Å². The molecule has 0 spiro atoms. The van der Waals surface area contributed by atoms with Crippen molar-refractivity contribution in [2.45, 2.75) is 11.8 Å². The number of aromatic nitrogens is 1. The zero-order valence-corrected chi connectivity index (χ0v) is 13.3. The summed E-state index contributed by atoms with van der Waals surface area (Å²) in [6, 6.07) is 11.8. The summed E-state index contributed by atoms with van der Waals surface area (Å²) in [6.07, 6.45) is 1.99.